The van der Waals surface area contributed by atoms with E-state index in [-0.39, 0.29) is 17.5 Å². The second-order valence-corrected chi connectivity index (χ2v) is 4.45. The van der Waals surface area contributed by atoms with Crippen LogP contribution >= 0.6 is 11.8 Å². The lowest BCUT2D eigenvalue weighted by Crippen LogP contribution is -2.35. The molecule has 0 spiro atoms. The Morgan fingerprint density at radius 2 is 2.21 bits per heavy atom. The van der Waals surface area contributed by atoms with E-state index >= 15 is 0 Å². The van der Waals surface area contributed by atoms with Crippen molar-refractivity contribution >= 4 is 11.8 Å². The lowest BCUT2D eigenvalue weighted by molar-refractivity contribution is -0.0327. The zero-order valence-corrected chi connectivity index (χ0v) is 8.68. The number of hydrogen-bond donors (Lipinski definition) is 2. The molecule has 0 radical (unpaired) electrons. The van der Waals surface area contributed by atoms with Crippen molar-refractivity contribution in [2.45, 2.75) is 24.4 Å². The smallest absolute Gasteiger partial charge is 0.314 e. The van der Waals surface area contributed by atoms with Gasteiger partial charge in [0.05, 0.1) is 0 Å². The minimum Gasteiger partial charge on any atom is -0.314 e. The molecule has 1 aliphatic heterocycles. The van der Waals surface area contributed by atoms with Gasteiger partial charge in [-0.05, 0) is 31.1 Å². The lowest BCUT2D eigenvalue weighted by Gasteiger charge is -2.11. The number of alkyl halides is 3. The first-order valence-corrected chi connectivity index (χ1v) is 5.71. The quantitative estimate of drug-likeness (QED) is 0.699. The minimum atomic E-state index is -4.09. The Morgan fingerprint density at radius 3 is 2.79 bits per heavy atom. The highest BCUT2D eigenvalue weighted by Crippen LogP contribution is 2.29. The van der Waals surface area contributed by atoms with Crippen LogP contribution in [0.4, 0.5) is 13.2 Å². The van der Waals surface area contributed by atoms with Crippen LogP contribution < -0.4 is 10.6 Å². The first-order chi connectivity index (χ1) is 6.58. The molecule has 0 aromatic carbocycles. The van der Waals surface area contributed by atoms with Crippen molar-refractivity contribution in [1.29, 1.82) is 0 Å². The molecule has 1 heterocycles. The first kappa shape index (κ1) is 12.1. The highest BCUT2D eigenvalue weighted by atomic mass is 32.2. The van der Waals surface area contributed by atoms with Crippen molar-refractivity contribution in [2.24, 2.45) is 0 Å². The fourth-order valence-corrected chi connectivity index (χ4v) is 1.92. The van der Waals surface area contributed by atoms with Crippen molar-refractivity contribution in [1.82, 2.24) is 10.6 Å². The first-order valence-electron chi connectivity index (χ1n) is 4.73. The summed E-state index contributed by atoms with van der Waals surface area (Å²) in [6.07, 6.45) is 2.29. The molecule has 0 aromatic rings. The van der Waals surface area contributed by atoms with Crippen LogP contribution in [-0.2, 0) is 0 Å². The maximum atomic E-state index is 11.7. The third-order valence-corrected chi connectivity index (χ3v) is 2.83. The molecule has 2 N–H and O–H groups in total. The average Bonchev–Trinajstić information content (AvgIpc) is 2.54. The largest absolute Gasteiger partial charge is 0.441 e. The molecule has 1 aliphatic rings. The van der Waals surface area contributed by atoms with Crippen molar-refractivity contribution in [3.63, 3.8) is 0 Å². The Labute approximate surface area is 86.0 Å². The zero-order valence-electron chi connectivity index (χ0n) is 7.86. The molecule has 1 atom stereocenters. The van der Waals surface area contributed by atoms with E-state index in [9.17, 15) is 13.2 Å². The highest BCUT2D eigenvalue weighted by molar-refractivity contribution is 8.00. The van der Waals surface area contributed by atoms with E-state index < -0.39 is 5.51 Å². The van der Waals surface area contributed by atoms with Gasteiger partial charge in [0.15, 0.2) is 0 Å². The average molecular weight is 228 g/mol. The third-order valence-electron chi connectivity index (χ3n) is 2.10. The van der Waals surface area contributed by atoms with E-state index in [1.165, 1.54) is 6.42 Å². The van der Waals surface area contributed by atoms with Crippen LogP contribution in [0.2, 0.25) is 0 Å². The Hall–Kier alpha value is 0.0600. The van der Waals surface area contributed by atoms with Gasteiger partial charge in [-0.2, -0.15) is 13.2 Å². The maximum Gasteiger partial charge on any atom is 0.441 e. The molecule has 0 amide bonds. The van der Waals surface area contributed by atoms with Gasteiger partial charge < -0.3 is 10.6 Å². The Balaban J connectivity index is 1.89. The summed E-state index contributed by atoms with van der Waals surface area (Å²) in [5.41, 5.74) is -4.09. The summed E-state index contributed by atoms with van der Waals surface area (Å²) in [6, 6.07) is 0.450. The van der Waals surface area contributed by atoms with Crippen molar-refractivity contribution < 1.29 is 13.2 Å². The second-order valence-electron chi connectivity index (χ2n) is 3.29. The van der Waals surface area contributed by atoms with Gasteiger partial charge in [0.25, 0.3) is 0 Å². The van der Waals surface area contributed by atoms with Crippen LogP contribution in [0.25, 0.3) is 0 Å². The van der Waals surface area contributed by atoms with E-state index in [0.29, 0.717) is 12.6 Å². The fraction of sp³-hybridized carbons (Fsp3) is 1.00. The molecule has 2 nitrogen and oxygen atoms in total. The number of thioether (sulfide) groups is 1. The lowest BCUT2D eigenvalue weighted by atomic mass is 10.2. The van der Waals surface area contributed by atoms with Crippen molar-refractivity contribution in [2.75, 3.05) is 25.4 Å². The minimum absolute atomic E-state index is 0.0332. The molecule has 1 saturated heterocycles. The SMILES string of the molecule is FC(F)(F)SCCNCC1CCCN1. The van der Waals surface area contributed by atoms with Crippen LogP contribution in [0.1, 0.15) is 12.8 Å². The van der Waals surface area contributed by atoms with Gasteiger partial charge in [-0.15, -0.1) is 0 Å². The van der Waals surface area contributed by atoms with Gasteiger partial charge in [0, 0.05) is 24.9 Å². The summed E-state index contributed by atoms with van der Waals surface area (Å²) >= 11 is 0.0332. The van der Waals surface area contributed by atoms with Gasteiger partial charge in [-0.25, -0.2) is 0 Å². The summed E-state index contributed by atoms with van der Waals surface area (Å²) in [7, 11) is 0. The van der Waals surface area contributed by atoms with E-state index in [0.717, 1.165) is 19.5 Å². The second kappa shape index (κ2) is 5.82. The normalized spacial score (nSPS) is 22.9. The maximum absolute atomic E-state index is 11.7. The molecule has 6 heteroatoms. The molecule has 1 fully saturated rings. The number of halogens is 3. The van der Waals surface area contributed by atoms with E-state index in [2.05, 4.69) is 10.6 Å². The van der Waals surface area contributed by atoms with Gasteiger partial charge in [-0.1, -0.05) is 0 Å². The van der Waals surface area contributed by atoms with Crippen molar-refractivity contribution in [3.05, 3.63) is 0 Å². The topological polar surface area (TPSA) is 24.1 Å². The van der Waals surface area contributed by atoms with Gasteiger partial charge in [0.1, 0.15) is 0 Å². The predicted molar refractivity (Wildman–Crippen MR) is 52.4 cm³/mol. The fourth-order valence-electron chi connectivity index (χ4n) is 1.45. The summed E-state index contributed by atoms with van der Waals surface area (Å²) in [5, 5.41) is 6.29. The molecular formula is C8H15F3N2S. The summed E-state index contributed by atoms with van der Waals surface area (Å²) < 4.78 is 35.1. The van der Waals surface area contributed by atoms with Gasteiger partial charge in [0.2, 0.25) is 0 Å². The molecule has 0 bridgehead atoms. The molecule has 0 aromatic heterocycles. The predicted octanol–water partition coefficient (Wildman–Crippen LogP) is 1.58. The van der Waals surface area contributed by atoms with Crippen LogP contribution in [0.5, 0.6) is 0 Å². The molecule has 1 unspecified atom stereocenters. The Morgan fingerprint density at radius 1 is 1.43 bits per heavy atom. The Kier molecular flexibility index (Phi) is 5.05. The van der Waals surface area contributed by atoms with Crippen LogP contribution in [0.15, 0.2) is 0 Å². The van der Waals surface area contributed by atoms with E-state index in [4.69, 9.17) is 0 Å². The van der Waals surface area contributed by atoms with E-state index in [1.807, 2.05) is 0 Å². The monoisotopic (exact) mass is 228 g/mol. The molecule has 0 saturated carbocycles. The molecule has 14 heavy (non-hydrogen) atoms. The van der Waals surface area contributed by atoms with Crippen molar-refractivity contribution in [3.8, 4) is 0 Å². The van der Waals surface area contributed by atoms with Crippen LogP contribution in [0.3, 0.4) is 0 Å². The van der Waals surface area contributed by atoms with Gasteiger partial charge in [-0.3, -0.25) is 0 Å². The number of nitrogens with one attached hydrogen (secondary N) is 2. The Bertz CT molecular complexity index is 157. The summed E-state index contributed by atoms with van der Waals surface area (Å²) in [4.78, 5) is 0. The van der Waals surface area contributed by atoms with Gasteiger partial charge >= 0.3 is 5.51 Å². The molecular weight excluding hydrogens is 213 g/mol. The van der Waals surface area contributed by atoms with E-state index in [1.54, 1.807) is 0 Å². The van der Waals surface area contributed by atoms with Crippen LogP contribution in [0, 0.1) is 0 Å². The third kappa shape index (κ3) is 5.72. The van der Waals surface area contributed by atoms with Crippen LogP contribution in [-0.4, -0.2) is 36.9 Å². The standard InChI is InChI=1S/C8H15F3N2S/c9-8(10,11)14-5-4-12-6-7-2-1-3-13-7/h7,12-13H,1-6H2. The zero-order chi connectivity index (χ0) is 10.4. The summed E-state index contributed by atoms with van der Waals surface area (Å²) in [6.45, 7) is 2.23. The number of rotatable bonds is 5. The number of hydrogen-bond acceptors (Lipinski definition) is 3. The summed E-state index contributed by atoms with van der Waals surface area (Å²) in [5.74, 6) is 0.0935. The molecule has 84 valence electrons. The highest BCUT2D eigenvalue weighted by Gasteiger charge is 2.27. The molecule has 0 aliphatic carbocycles. The molecule has 1 rings (SSSR count).